The van der Waals surface area contributed by atoms with Crippen molar-refractivity contribution in [3.63, 3.8) is 0 Å². The number of rotatable bonds is 8. The first kappa shape index (κ1) is 21.3. The lowest BCUT2D eigenvalue weighted by Gasteiger charge is -2.26. The number of ether oxygens (including phenoxy) is 2. The van der Waals surface area contributed by atoms with Crippen molar-refractivity contribution in [1.82, 2.24) is 10.2 Å². The summed E-state index contributed by atoms with van der Waals surface area (Å²) in [6.07, 6.45) is 0.0777. The minimum Gasteiger partial charge on any atom is -0.480 e. The Morgan fingerprint density at radius 1 is 1.03 bits per heavy atom. The van der Waals surface area contributed by atoms with Crippen LogP contribution in [0.2, 0.25) is 0 Å². The van der Waals surface area contributed by atoms with Crippen LogP contribution in [-0.4, -0.2) is 43.2 Å². The van der Waals surface area contributed by atoms with Crippen molar-refractivity contribution in [2.24, 2.45) is 0 Å². The average Bonchev–Trinajstić information content (AvgIpc) is 2.82. The van der Waals surface area contributed by atoms with E-state index in [1.54, 1.807) is 0 Å². The third-order valence-corrected chi connectivity index (χ3v) is 5.65. The zero-order valence-electron chi connectivity index (χ0n) is 18.0. The summed E-state index contributed by atoms with van der Waals surface area (Å²) >= 11 is 0. The molecular weight excluding hydrogens is 388 g/mol. The molecule has 1 atom stereocenters. The molecule has 3 aromatic rings. The first-order chi connectivity index (χ1) is 15.2. The van der Waals surface area contributed by atoms with Gasteiger partial charge in [-0.25, -0.2) is 0 Å². The molecule has 1 heterocycles. The van der Waals surface area contributed by atoms with Gasteiger partial charge in [0.05, 0.1) is 13.2 Å². The van der Waals surface area contributed by atoms with Crippen LogP contribution in [0.1, 0.15) is 24.5 Å². The lowest BCUT2D eigenvalue weighted by Crippen LogP contribution is -2.37. The Hall–Kier alpha value is -2.89. The predicted molar refractivity (Wildman–Crippen MR) is 123 cm³/mol. The highest BCUT2D eigenvalue weighted by Crippen LogP contribution is 2.26. The van der Waals surface area contributed by atoms with Gasteiger partial charge in [0, 0.05) is 31.6 Å². The van der Waals surface area contributed by atoms with Crippen molar-refractivity contribution in [2.45, 2.75) is 32.5 Å². The average molecular weight is 419 g/mol. The minimum atomic E-state index is -0.526. The molecule has 1 fully saturated rings. The van der Waals surface area contributed by atoms with E-state index in [2.05, 4.69) is 34.5 Å². The van der Waals surface area contributed by atoms with E-state index in [9.17, 15) is 4.79 Å². The molecule has 162 valence electrons. The zero-order chi connectivity index (χ0) is 21.5. The molecular formula is C26H30N2O3. The molecule has 4 rings (SSSR count). The number of nitrogens with one attached hydrogen (secondary N) is 1. The lowest BCUT2D eigenvalue weighted by atomic mass is 10.1. The summed E-state index contributed by atoms with van der Waals surface area (Å²) in [7, 11) is 0. The van der Waals surface area contributed by atoms with E-state index in [1.165, 1.54) is 5.56 Å². The zero-order valence-corrected chi connectivity index (χ0v) is 18.0. The van der Waals surface area contributed by atoms with Crippen LogP contribution in [0.3, 0.4) is 0 Å². The molecule has 1 aliphatic heterocycles. The third kappa shape index (κ3) is 5.63. The fourth-order valence-corrected chi connectivity index (χ4v) is 3.93. The van der Waals surface area contributed by atoms with Gasteiger partial charge in [0.2, 0.25) is 0 Å². The fraction of sp³-hybridized carbons (Fsp3) is 0.346. The van der Waals surface area contributed by atoms with E-state index in [4.69, 9.17) is 9.47 Å². The molecule has 0 radical (unpaired) electrons. The van der Waals surface area contributed by atoms with Crippen LogP contribution in [-0.2, 0) is 22.6 Å². The Morgan fingerprint density at radius 3 is 2.61 bits per heavy atom. The van der Waals surface area contributed by atoms with Gasteiger partial charge in [0.1, 0.15) is 5.75 Å². The second kappa shape index (κ2) is 10.4. The van der Waals surface area contributed by atoms with Crippen molar-refractivity contribution in [2.75, 3.05) is 26.3 Å². The number of nitrogens with zero attached hydrogens (tertiary/aromatic N) is 1. The first-order valence-electron chi connectivity index (χ1n) is 11.0. The van der Waals surface area contributed by atoms with E-state index in [-0.39, 0.29) is 5.91 Å². The topological polar surface area (TPSA) is 50.8 Å². The number of fused-ring (bicyclic) bond motifs is 1. The highest BCUT2D eigenvalue weighted by atomic mass is 16.5. The summed E-state index contributed by atoms with van der Waals surface area (Å²) < 4.78 is 11.5. The van der Waals surface area contributed by atoms with E-state index in [1.807, 2.05) is 49.4 Å². The molecule has 0 spiro atoms. The molecule has 0 aromatic heterocycles. The van der Waals surface area contributed by atoms with Crippen LogP contribution in [0.15, 0.2) is 66.7 Å². The summed E-state index contributed by atoms with van der Waals surface area (Å²) in [6, 6.07) is 22.4. The number of hydrogen-bond donors (Lipinski definition) is 1. The maximum atomic E-state index is 12.8. The number of amides is 1. The lowest BCUT2D eigenvalue weighted by molar-refractivity contribution is -0.128. The van der Waals surface area contributed by atoms with Gasteiger partial charge >= 0.3 is 0 Å². The molecule has 0 unspecified atom stereocenters. The highest BCUT2D eigenvalue weighted by molar-refractivity contribution is 5.89. The number of benzene rings is 3. The van der Waals surface area contributed by atoms with Crippen molar-refractivity contribution < 1.29 is 14.3 Å². The SMILES string of the molecule is CC[C@H](Oc1cccc2ccccc12)C(=O)NCc1cccc(CN2CCOCC2)c1. The second-order valence-electron chi connectivity index (χ2n) is 7.92. The van der Waals surface area contributed by atoms with Gasteiger partial charge in [-0.1, -0.05) is 67.6 Å². The van der Waals surface area contributed by atoms with Crippen molar-refractivity contribution in [3.05, 3.63) is 77.9 Å². The molecule has 1 saturated heterocycles. The predicted octanol–water partition coefficient (Wildman–Crippen LogP) is 4.15. The number of hydrogen-bond acceptors (Lipinski definition) is 4. The van der Waals surface area contributed by atoms with Gasteiger partial charge in [0.25, 0.3) is 5.91 Å². The summed E-state index contributed by atoms with van der Waals surface area (Å²) in [5.41, 5.74) is 2.35. The standard InChI is InChI=1S/C26H30N2O3/c1-2-24(31-25-12-6-10-22-9-3-4-11-23(22)25)26(29)27-18-20-7-5-8-21(17-20)19-28-13-15-30-16-14-28/h3-12,17,24H,2,13-16,18-19H2,1H3,(H,27,29)/t24-/m0/s1. The molecule has 0 saturated carbocycles. The van der Waals surface area contributed by atoms with E-state index >= 15 is 0 Å². The van der Waals surface area contributed by atoms with Gasteiger partial charge in [-0.3, -0.25) is 9.69 Å². The van der Waals surface area contributed by atoms with Gasteiger partial charge in [-0.05, 0) is 29.0 Å². The Labute approximate surface area is 184 Å². The number of morpholine rings is 1. The molecule has 1 N–H and O–H groups in total. The Balaban J connectivity index is 1.36. The summed E-state index contributed by atoms with van der Waals surface area (Å²) in [5.74, 6) is 0.654. The van der Waals surface area contributed by atoms with Crippen LogP contribution in [0.25, 0.3) is 10.8 Å². The monoisotopic (exact) mass is 418 g/mol. The van der Waals surface area contributed by atoms with E-state index < -0.39 is 6.10 Å². The second-order valence-corrected chi connectivity index (χ2v) is 7.92. The van der Waals surface area contributed by atoms with Crippen molar-refractivity contribution in [3.8, 4) is 5.75 Å². The molecule has 31 heavy (non-hydrogen) atoms. The molecule has 3 aromatic carbocycles. The molecule has 5 heteroatoms. The number of carbonyl (C=O) groups excluding carboxylic acids is 1. The summed E-state index contributed by atoms with van der Waals surface area (Å²) in [5, 5.41) is 5.18. The first-order valence-corrected chi connectivity index (χ1v) is 11.0. The molecule has 0 aliphatic carbocycles. The Bertz CT molecular complexity index is 1010. The van der Waals surface area contributed by atoms with Crippen LogP contribution in [0.4, 0.5) is 0 Å². The Morgan fingerprint density at radius 2 is 1.77 bits per heavy atom. The normalized spacial score (nSPS) is 15.5. The van der Waals surface area contributed by atoms with Crippen LogP contribution in [0.5, 0.6) is 5.75 Å². The quantitative estimate of drug-likeness (QED) is 0.597. The van der Waals surface area contributed by atoms with E-state index in [0.717, 1.165) is 54.9 Å². The third-order valence-electron chi connectivity index (χ3n) is 5.65. The molecule has 5 nitrogen and oxygen atoms in total. The van der Waals surface area contributed by atoms with Gasteiger partial charge < -0.3 is 14.8 Å². The van der Waals surface area contributed by atoms with Crippen LogP contribution >= 0.6 is 0 Å². The molecule has 1 amide bonds. The van der Waals surface area contributed by atoms with Gasteiger partial charge in [-0.15, -0.1) is 0 Å². The Kier molecular flexibility index (Phi) is 7.18. The minimum absolute atomic E-state index is 0.0889. The van der Waals surface area contributed by atoms with Crippen LogP contribution < -0.4 is 10.1 Å². The highest BCUT2D eigenvalue weighted by Gasteiger charge is 2.19. The maximum Gasteiger partial charge on any atom is 0.261 e. The van der Waals surface area contributed by atoms with Crippen LogP contribution in [0, 0.1) is 0 Å². The van der Waals surface area contributed by atoms with Gasteiger partial charge in [-0.2, -0.15) is 0 Å². The van der Waals surface area contributed by atoms with E-state index in [0.29, 0.717) is 13.0 Å². The summed E-state index contributed by atoms with van der Waals surface area (Å²) in [4.78, 5) is 15.2. The molecule has 0 bridgehead atoms. The van der Waals surface area contributed by atoms with Crippen molar-refractivity contribution in [1.29, 1.82) is 0 Å². The largest absolute Gasteiger partial charge is 0.480 e. The molecule has 1 aliphatic rings. The maximum absolute atomic E-state index is 12.8. The van der Waals surface area contributed by atoms with Gasteiger partial charge in [0.15, 0.2) is 6.10 Å². The van der Waals surface area contributed by atoms with Crippen molar-refractivity contribution >= 4 is 16.7 Å². The fourth-order valence-electron chi connectivity index (χ4n) is 3.93. The number of carbonyl (C=O) groups is 1. The smallest absolute Gasteiger partial charge is 0.261 e. The summed E-state index contributed by atoms with van der Waals surface area (Å²) in [6.45, 7) is 6.89.